The first-order chi connectivity index (χ1) is 4.16. The van der Waals surface area contributed by atoms with Crippen molar-refractivity contribution >= 4 is 19.4 Å². The molecule has 0 N–H and O–H groups in total. The highest BCUT2D eigenvalue weighted by Crippen LogP contribution is 2.03. The van der Waals surface area contributed by atoms with E-state index in [1.807, 2.05) is 19.9 Å². The lowest BCUT2D eigenvalue weighted by Crippen LogP contribution is -2.14. The van der Waals surface area contributed by atoms with Crippen molar-refractivity contribution in [1.29, 1.82) is 0 Å². The Bertz CT molecular complexity index is 85.1. The van der Waals surface area contributed by atoms with E-state index in [4.69, 9.17) is 15.5 Å². The van der Waals surface area contributed by atoms with Gasteiger partial charge in [-0.25, -0.2) is 0 Å². The van der Waals surface area contributed by atoms with Crippen molar-refractivity contribution in [2.45, 2.75) is 26.0 Å². The Morgan fingerprint density at radius 3 is 2.67 bits per heavy atom. The Balaban J connectivity index is 3.25. The molecular formula is C6H13ClOSi. The van der Waals surface area contributed by atoms with Crippen LogP contribution in [0.15, 0.2) is 12.7 Å². The van der Waals surface area contributed by atoms with Crippen molar-refractivity contribution in [2.75, 3.05) is 0 Å². The number of hydrogen-bond donors (Lipinski definition) is 0. The molecule has 0 aliphatic heterocycles. The predicted octanol–water partition coefficient (Wildman–Crippen LogP) is 2.06. The summed E-state index contributed by atoms with van der Waals surface area (Å²) in [5.41, 5.74) is 0. The van der Waals surface area contributed by atoms with E-state index < -0.39 is 8.35 Å². The van der Waals surface area contributed by atoms with Gasteiger partial charge >= 0.3 is 0 Å². The zero-order valence-electron chi connectivity index (χ0n) is 5.93. The maximum Gasteiger partial charge on any atom is 0.277 e. The van der Waals surface area contributed by atoms with Crippen LogP contribution in [0.25, 0.3) is 0 Å². The third kappa shape index (κ3) is 6.09. The largest absolute Gasteiger partial charge is 0.403 e. The first kappa shape index (κ1) is 9.21. The van der Waals surface area contributed by atoms with Crippen LogP contribution in [-0.4, -0.2) is 14.5 Å². The lowest BCUT2D eigenvalue weighted by Gasteiger charge is -2.09. The molecule has 0 bridgehead atoms. The summed E-state index contributed by atoms with van der Waals surface area (Å²) in [5, 5.41) is 0. The minimum atomic E-state index is -1.41. The molecule has 0 aliphatic rings. The number of hydrogen-bond acceptors (Lipinski definition) is 1. The van der Waals surface area contributed by atoms with Crippen molar-refractivity contribution in [1.82, 2.24) is 0 Å². The molecule has 0 aromatic heterocycles. The molecule has 0 radical (unpaired) electrons. The molecule has 0 spiro atoms. The lowest BCUT2D eigenvalue weighted by molar-refractivity contribution is 0.252. The van der Waals surface area contributed by atoms with Crippen molar-refractivity contribution < 1.29 is 4.43 Å². The molecule has 0 rings (SSSR count). The van der Waals surface area contributed by atoms with E-state index in [-0.39, 0.29) is 6.10 Å². The lowest BCUT2D eigenvalue weighted by atomic mass is 10.5. The number of allylic oxidation sites excluding steroid dienone is 1. The van der Waals surface area contributed by atoms with Gasteiger partial charge in [0.2, 0.25) is 0 Å². The van der Waals surface area contributed by atoms with Crippen LogP contribution in [-0.2, 0) is 4.43 Å². The van der Waals surface area contributed by atoms with Gasteiger partial charge in [-0.1, -0.05) is 6.08 Å². The molecule has 54 valence electrons. The monoisotopic (exact) mass is 164 g/mol. The molecule has 1 nitrogen and oxygen atoms in total. The van der Waals surface area contributed by atoms with E-state index in [9.17, 15) is 0 Å². The van der Waals surface area contributed by atoms with Gasteiger partial charge in [-0.3, -0.25) is 0 Å². The first-order valence-electron chi connectivity index (χ1n) is 3.07. The summed E-state index contributed by atoms with van der Waals surface area (Å²) in [6, 6.07) is 0.847. The third-order valence-electron chi connectivity index (χ3n) is 0.772. The molecule has 0 saturated carbocycles. The third-order valence-corrected chi connectivity index (χ3v) is 3.16. The van der Waals surface area contributed by atoms with Crippen molar-refractivity contribution in [2.24, 2.45) is 0 Å². The quantitative estimate of drug-likeness (QED) is 0.351. The van der Waals surface area contributed by atoms with E-state index >= 15 is 0 Å². The first-order valence-corrected chi connectivity index (χ1v) is 6.10. The van der Waals surface area contributed by atoms with E-state index in [2.05, 4.69) is 6.58 Å². The van der Waals surface area contributed by atoms with Crippen LogP contribution in [0.3, 0.4) is 0 Å². The molecule has 0 aromatic rings. The SMILES string of the molecule is C=CC[SiH](Cl)OC(C)C. The van der Waals surface area contributed by atoms with Crippen LogP contribution in [0.4, 0.5) is 0 Å². The second-order valence-corrected chi connectivity index (χ2v) is 5.14. The molecular weight excluding hydrogens is 152 g/mol. The summed E-state index contributed by atoms with van der Waals surface area (Å²) < 4.78 is 5.32. The fourth-order valence-corrected chi connectivity index (χ4v) is 2.44. The second kappa shape index (κ2) is 5.03. The maximum atomic E-state index is 5.82. The van der Waals surface area contributed by atoms with Gasteiger partial charge in [0, 0.05) is 6.10 Å². The summed E-state index contributed by atoms with van der Waals surface area (Å²) >= 11 is 5.82. The standard InChI is InChI=1S/C6H13ClOSi/c1-4-5-9(7)8-6(2)3/h4,6,9H,1,5H2,2-3H3. The van der Waals surface area contributed by atoms with Gasteiger partial charge in [0.1, 0.15) is 0 Å². The van der Waals surface area contributed by atoms with Crippen molar-refractivity contribution in [3.8, 4) is 0 Å². The minimum Gasteiger partial charge on any atom is -0.403 e. The predicted molar refractivity (Wildman–Crippen MR) is 44.2 cm³/mol. The average molecular weight is 165 g/mol. The van der Waals surface area contributed by atoms with E-state index in [0.717, 1.165) is 6.04 Å². The molecule has 3 heteroatoms. The van der Waals surface area contributed by atoms with Crippen LogP contribution in [0.5, 0.6) is 0 Å². The highest BCUT2D eigenvalue weighted by Gasteiger charge is 2.06. The number of rotatable bonds is 4. The van der Waals surface area contributed by atoms with Crippen LogP contribution < -0.4 is 0 Å². The molecule has 0 fully saturated rings. The summed E-state index contributed by atoms with van der Waals surface area (Å²) in [7, 11) is -1.41. The second-order valence-electron chi connectivity index (χ2n) is 2.12. The summed E-state index contributed by atoms with van der Waals surface area (Å²) in [6.07, 6.45) is 2.07. The molecule has 0 aromatic carbocycles. The van der Waals surface area contributed by atoms with Gasteiger partial charge in [-0.15, -0.1) is 17.7 Å². The Morgan fingerprint density at radius 2 is 2.33 bits per heavy atom. The molecule has 0 aliphatic carbocycles. The Hall–Kier alpha value is 0.207. The Kier molecular flexibility index (Phi) is 5.14. The normalized spacial score (nSPS) is 13.8. The highest BCUT2D eigenvalue weighted by atomic mass is 35.6. The fourth-order valence-electron chi connectivity index (χ4n) is 0.482. The molecule has 1 unspecified atom stereocenters. The van der Waals surface area contributed by atoms with Gasteiger partial charge < -0.3 is 4.43 Å². The molecule has 9 heavy (non-hydrogen) atoms. The summed E-state index contributed by atoms with van der Waals surface area (Å²) in [4.78, 5) is 0. The zero-order valence-corrected chi connectivity index (χ0v) is 7.84. The number of halogens is 1. The van der Waals surface area contributed by atoms with Crippen molar-refractivity contribution in [3.05, 3.63) is 12.7 Å². The van der Waals surface area contributed by atoms with Crippen LogP contribution in [0.1, 0.15) is 13.8 Å². The molecule has 0 saturated heterocycles. The summed E-state index contributed by atoms with van der Waals surface area (Å²) in [6.45, 7) is 7.56. The molecule has 1 atom stereocenters. The highest BCUT2D eigenvalue weighted by molar-refractivity contribution is 7.03. The van der Waals surface area contributed by atoms with Gasteiger partial charge in [0.15, 0.2) is 0 Å². The van der Waals surface area contributed by atoms with Gasteiger partial charge in [0.05, 0.1) is 0 Å². The zero-order chi connectivity index (χ0) is 7.28. The van der Waals surface area contributed by atoms with E-state index in [1.165, 1.54) is 0 Å². The topological polar surface area (TPSA) is 9.23 Å². The van der Waals surface area contributed by atoms with E-state index in [0.29, 0.717) is 0 Å². The molecule has 0 heterocycles. The smallest absolute Gasteiger partial charge is 0.277 e. The Morgan fingerprint density at radius 1 is 1.78 bits per heavy atom. The Labute approximate surface area is 63.1 Å². The van der Waals surface area contributed by atoms with Gasteiger partial charge in [-0.2, -0.15) is 0 Å². The maximum absolute atomic E-state index is 5.82. The minimum absolute atomic E-state index is 0.263. The van der Waals surface area contributed by atoms with Gasteiger partial charge in [0.25, 0.3) is 8.35 Å². The summed E-state index contributed by atoms with van der Waals surface area (Å²) in [5.74, 6) is 0. The molecule has 0 amide bonds. The van der Waals surface area contributed by atoms with Crippen LogP contribution in [0.2, 0.25) is 6.04 Å². The fraction of sp³-hybridized carbons (Fsp3) is 0.667. The van der Waals surface area contributed by atoms with Crippen molar-refractivity contribution in [3.63, 3.8) is 0 Å². The van der Waals surface area contributed by atoms with Gasteiger partial charge in [-0.05, 0) is 19.9 Å². The average Bonchev–Trinajstić information content (AvgIpc) is 1.63. The van der Waals surface area contributed by atoms with Crippen LogP contribution in [0, 0.1) is 0 Å². The van der Waals surface area contributed by atoms with Crippen LogP contribution >= 0.6 is 11.1 Å². The van der Waals surface area contributed by atoms with E-state index in [1.54, 1.807) is 0 Å².